The summed E-state index contributed by atoms with van der Waals surface area (Å²) in [5.74, 6) is -0.152. The van der Waals surface area contributed by atoms with E-state index < -0.39 is 5.79 Å². The van der Waals surface area contributed by atoms with Crippen molar-refractivity contribution in [2.24, 2.45) is 0 Å². The number of benzene rings is 1. The molecular weight excluding hydrogens is 226 g/mol. The molecule has 1 saturated heterocycles. The molecule has 0 aromatic heterocycles. The van der Waals surface area contributed by atoms with E-state index in [1.54, 1.807) is 0 Å². The molecule has 0 unspecified atom stereocenters. The van der Waals surface area contributed by atoms with Crippen molar-refractivity contribution in [3.8, 4) is 6.07 Å². The fourth-order valence-electron chi connectivity index (χ4n) is 2.26. The van der Waals surface area contributed by atoms with Gasteiger partial charge in [-0.3, -0.25) is 0 Å². The van der Waals surface area contributed by atoms with E-state index in [9.17, 15) is 0 Å². The fourth-order valence-corrected chi connectivity index (χ4v) is 2.26. The van der Waals surface area contributed by atoms with Crippen LogP contribution in [0.2, 0.25) is 0 Å². The maximum absolute atomic E-state index is 8.77. The van der Waals surface area contributed by atoms with E-state index in [-0.39, 0.29) is 5.92 Å². The number of nitrogens with zero attached hydrogens (tertiary/aromatic N) is 1. The summed E-state index contributed by atoms with van der Waals surface area (Å²) in [6, 6.07) is 9.78. The van der Waals surface area contributed by atoms with Crippen LogP contribution in [-0.2, 0) is 9.47 Å². The van der Waals surface area contributed by atoms with Crippen molar-refractivity contribution in [3.63, 3.8) is 0 Å². The second kappa shape index (κ2) is 5.51. The Hall–Kier alpha value is -1.37. The van der Waals surface area contributed by atoms with Crippen LogP contribution in [0.15, 0.2) is 24.3 Å². The highest BCUT2D eigenvalue weighted by atomic mass is 16.7. The quantitative estimate of drug-likeness (QED) is 0.821. The highest BCUT2D eigenvalue weighted by Gasteiger charge is 2.32. The van der Waals surface area contributed by atoms with Crippen molar-refractivity contribution >= 4 is 0 Å². The van der Waals surface area contributed by atoms with Crippen LogP contribution in [0.4, 0.5) is 0 Å². The maximum Gasteiger partial charge on any atom is 0.165 e. The first-order valence-corrected chi connectivity index (χ1v) is 6.45. The van der Waals surface area contributed by atoms with Gasteiger partial charge in [-0.1, -0.05) is 25.5 Å². The summed E-state index contributed by atoms with van der Waals surface area (Å²) in [5.41, 5.74) is 1.86. The molecule has 1 aromatic carbocycles. The van der Waals surface area contributed by atoms with E-state index in [0.29, 0.717) is 18.8 Å². The molecule has 0 bridgehead atoms. The Balaban J connectivity index is 1.99. The number of hydrogen-bond donors (Lipinski definition) is 0. The number of ether oxygens (including phenoxy) is 2. The van der Waals surface area contributed by atoms with Crippen molar-refractivity contribution in [1.29, 1.82) is 5.26 Å². The van der Waals surface area contributed by atoms with E-state index in [1.165, 1.54) is 5.56 Å². The lowest BCUT2D eigenvalue weighted by Crippen LogP contribution is -2.40. The smallest absolute Gasteiger partial charge is 0.165 e. The summed E-state index contributed by atoms with van der Waals surface area (Å²) in [6.07, 6.45) is 1.98. The molecular formula is C15H19NO2. The first-order valence-electron chi connectivity index (χ1n) is 6.45. The van der Waals surface area contributed by atoms with E-state index in [1.807, 2.05) is 31.2 Å². The van der Waals surface area contributed by atoms with Crippen LogP contribution in [0.5, 0.6) is 0 Å². The Morgan fingerprint density at radius 2 is 1.89 bits per heavy atom. The van der Waals surface area contributed by atoms with Gasteiger partial charge in [0.15, 0.2) is 5.79 Å². The summed E-state index contributed by atoms with van der Waals surface area (Å²) in [6.45, 7) is 5.50. The summed E-state index contributed by atoms with van der Waals surface area (Å²) in [7, 11) is 0. The van der Waals surface area contributed by atoms with Crippen molar-refractivity contribution in [2.45, 2.75) is 38.4 Å². The van der Waals surface area contributed by atoms with Crippen LogP contribution < -0.4 is 0 Å². The monoisotopic (exact) mass is 245 g/mol. The molecule has 0 spiro atoms. The summed E-state index contributed by atoms with van der Waals surface area (Å²) in [5, 5.41) is 8.77. The molecule has 3 nitrogen and oxygen atoms in total. The molecule has 18 heavy (non-hydrogen) atoms. The molecule has 0 aliphatic carbocycles. The first-order chi connectivity index (χ1) is 8.67. The van der Waals surface area contributed by atoms with Crippen LogP contribution in [0.3, 0.4) is 0 Å². The van der Waals surface area contributed by atoms with Gasteiger partial charge < -0.3 is 9.47 Å². The Morgan fingerprint density at radius 3 is 2.39 bits per heavy atom. The molecule has 1 aliphatic rings. The van der Waals surface area contributed by atoms with Crippen molar-refractivity contribution in [2.75, 3.05) is 13.2 Å². The minimum absolute atomic E-state index is 0.266. The molecule has 2 rings (SSSR count). The third-order valence-electron chi connectivity index (χ3n) is 3.39. The average Bonchev–Trinajstić information content (AvgIpc) is 2.40. The van der Waals surface area contributed by atoms with Gasteiger partial charge in [-0.15, -0.1) is 0 Å². The largest absolute Gasteiger partial charge is 0.350 e. The Bertz CT molecular complexity index is 425. The molecule has 3 heteroatoms. The summed E-state index contributed by atoms with van der Waals surface area (Å²) in [4.78, 5) is 0. The predicted molar refractivity (Wildman–Crippen MR) is 69.1 cm³/mol. The Labute approximate surface area is 108 Å². The molecule has 0 atom stereocenters. The lowest BCUT2D eigenvalue weighted by atomic mass is 9.98. The number of hydrogen-bond acceptors (Lipinski definition) is 3. The summed E-state index contributed by atoms with van der Waals surface area (Å²) < 4.78 is 11.7. The second-order valence-electron chi connectivity index (χ2n) is 4.94. The van der Waals surface area contributed by atoms with E-state index in [2.05, 4.69) is 13.0 Å². The molecule has 1 aliphatic heterocycles. The minimum Gasteiger partial charge on any atom is -0.350 e. The van der Waals surface area contributed by atoms with Crippen molar-refractivity contribution in [1.82, 2.24) is 0 Å². The van der Waals surface area contributed by atoms with Crippen molar-refractivity contribution in [3.05, 3.63) is 35.4 Å². The Kier molecular flexibility index (Phi) is 4.00. The molecule has 1 aromatic rings. The van der Waals surface area contributed by atoms with Crippen LogP contribution in [-0.4, -0.2) is 19.0 Å². The third-order valence-corrected chi connectivity index (χ3v) is 3.39. The van der Waals surface area contributed by atoms with Crippen LogP contribution >= 0.6 is 0 Å². The van der Waals surface area contributed by atoms with Gasteiger partial charge in [-0.05, 0) is 24.6 Å². The highest BCUT2D eigenvalue weighted by Crippen LogP contribution is 2.30. The van der Waals surface area contributed by atoms with Gasteiger partial charge in [0.1, 0.15) is 0 Å². The number of rotatable bonds is 3. The molecule has 0 amide bonds. The second-order valence-corrected chi connectivity index (χ2v) is 4.94. The van der Waals surface area contributed by atoms with E-state index in [4.69, 9.17) is 14.7 Å². The minimum atomic E-state index is -0.419. The van der Waals surface area contributed by atoms with Gasteiger partial charge in [-0.2, -0.15) is 5.26 Å². The summed E-state index contributed by atoms with van der Waals surface area (Å²) >= 11 is 0. The lowest BCUT2D eigenvalue weighted by Gasteiger charge is -2.37. The zero-order valence-corrected chi connectivity index (χ0v) is 11.0. The lowest BCUT2D eigenvalue weighted by molar-refractivity contribution is -0.265. The van der Waals surface area contributed by atoms with Crippen LogP contribution in [0.1, 0.15) is 43.7 Å². The maximum atomic E-state index is 8.77. The zero-order chi connectivity index (χ0) is 13.0. The zero-order valence-electron chi connectivity index (χ0n) is 11.0. The van der Waals surface area contributed by atoms with Gasteiger partial charge in [0.2, 0.25) is 0 Å². The average molecular weight is 245 g/mol. The van der Waals surface area contributed by atoms with Crippen LogP contribution in [0.25, 0.3) is 0 Å². The fraction of sp³-hybridized carbons (Fsp3) is 0.533. The molecule has 0 saturated carbocycles. The molecule has 0 radical (unpaired) electrons. The molecule has 1 fully saturated rings. The standard InChI is InChI=1S/C15H19NO2/c1-3-8-15(2)17-10-14(11-18-15)13-6-4-12(9-16)5-7-13/h4-7,14H,3,8,10-11H2,1-2H3/t14-,15-. The van der Waals surface area contributed by atoms with Gasteiger partial charge >= 0.3 is 0 Å². The third kappa shape index (κ3) is 2.90. The molecule has 0 N–H and O–H groups in total. The molecule has 1 heterocycles. The highest BCUT2D eigenvalue weighted by molar-refractivity contribution is 5.33. The number of nitriles is 1. The van der Waals surface area contributed by atoms with Gasteiger partial charge in [0, 0.05) is 12.3 Å². The topological polar surface area (TPSA) is 42.2 Å². The predicted octanol–water partition coefficient (Wildman–Crippen LogP) is 3.20. The normalized spacial score (nSPS) is 27.7. The Morgan fingerprint density at radius 1 is 1.28 bits per heavy atom. The van der Waals surface area contributed by atoms with Gasteiger partial charge in [-0.25, -0.2) is 0 Å². The SMILES string of the molecule is CCC[C@]1(C)OC[C@@H](c2ccc(C#N)cc2)CO1. The van der Waals surface area contributed by atoms with Gasteiger partial charge in [0.05, 0.1) is 24.8 Å². The molecule has 96 valence electrons. The van der Waals surface area contributed by atoms with Crippen LogP contribution in [0, 0.1) is 11.3 Å². The van der Waals surface area contributed by atoms with E-state index >= 15 is 0 Å². The first kappa shape index (κ1) is 13.1. The van der Waals surface area contributed by atoms with Gasteiger partial charge in [0.25, 0.3) is 0 Å². The van der Waals surface area contributed by atoms with E-state index in [0.717, 1.165) is 12.8 Å². The van der Waals surface area contributed by atoms with Crippen molar-refractivity contribution < 1.29 is 9.47 Å².